The van der Waals surface area contributed by atoms with E-state index in [1.807, 2.05) is 0 Å². The molecular formula is C8H17N2O. The second-order valence-electron chi connectivity index (χ2n) is 3.63. The molecule has 1 radical (unpaired) electrons. The predicted octanol–water partition coefficient (Wildman–Crippen LogP) is -0.323. The van der Waals surface area contributed by atoms with Crippen LogP contribution in [0.15, 0.2) is 0 Å². The molecule has 0 amide bonds. The third-order valence-electron chi connectivity index (χ3n) is 2.30. The standard InChI is InChI=1S/C8H17N2O/c1-8(2,7-11)10-5-3-9-4-6-10/h11H,3-7H2,1-2H3. The van der Waals surface area contributed by atoms with Crippen molar-refractivity contribution in [2.45, 2.75) is 19.4 Å². The molecular weight excluding hydrogens is 140 g/mol. The van der Waals surface area contributed by atoms with Crippen molar-refractivity contribution < 1.29 is 5.11 Å². The Balaban J connectivity index is 2.43. The van der Waals surface area contributed by atoms with Gasteiger partial charge in [0.05, 0.1) is 6.61 Å². The number of rotatable bonds is 2. The molecule has 0 aromatic carbocycles. The van der Waals surface area contributed by atoms with Crippen molar-refractivity contribution in [3.05, 3.63) is 0 Å². The van der Waals surface area contributed by atoms with E-state index in [1.54, 1.807) is 0 Å². The average molecular weight is 157 g/mol. The molecule has 0 aromatic heterocycles. The van der Waals surface area contributed by atoms with E-state index >= 15 is 0 Å². The van der Waals surface area contributed by atoms with Gasteiger partial charge in [0.15, 0.2) is 0 Å². The largest absolute Gasteiger partial charge is 0.394 e. The summed E-state index contributed by atoms with van der Waals surface area (Å²) in [6, 6.07) is 0. The van der Waals surface area contributed by atoms with Crippen molar-refractivity contribution in [1.82, 2.24) is 10.2 Å². The van der Waals surface area contributed by atoms with Gasteiger partial charge in [0, 0.05) is 31.7 Å². The second kappa shape index (κ2) is 3.52. The highest BCUT2D eigenvalue weighted by Crippen LogP contribution is 2.13. The van der Waals surface area contributed by atoms with E-state index in [2.05, 4.69) is 24.1 Å². The first-order valence-corrected chi connectivity index (χ1v) is 4.16. The van der Waals surface area contributed by atoms with Crippen molar-refractivity contribution in [3.8, 4) is 0 Å². The molecule has 1 aliphatic rings. The zero-order chi connectivity index (χ0) is 8.32. The van der Waals surface area contributed by atoms with Crippen molar-refractivity contribution in [3.63, 3.8) is 0 Å². The van der Waals surface area contributed by atoms with Gasteiger partial charge in [-0.05, 0) is 13.8 Å². The first-order valence-electron chi connectivity index (χ1n) is 4.16. The van der Waals surface area contributed by atoms with E-state index in [0.717, 1.165) is 26.2 Å². The summed E-state index contributed by atoms with van der Waals surface area (Å²) < 4.78 is 0. The fourth-order valence-corrected chi connectivity index (χ4v) is 1.31. The van der Waals surface area contributed by atoms with E-state index in [4.69, 9.17) is 5.11 Å². The molecule has 11 heavy (non-hydrogen) atoms. The lowest BCUT2D eigenvalue weighted by Crippen LogP contribution is -2.53. The van der Waals surface area contributed by atoms with E-state index in [0.29, 0.717) is 0 Å². The maximum Gasteiger partial charge on any atom is 0.0610 e. The van der Waals surface area contributed by atoms with Gasteiger partial charge in [-0.3, -0.25) is 4.90 Å². The number of piperazine rings is 1. The van der Waals surface area contributed by atoms with Gasteiger partial charge < -0.3 is 5.11 Å². The van der Waals surface area contributed by atoms with Gasteiger partial charge in [-0.15, -0.1) is 0 Å². The molecule has 0 aromatic rings. The molecule has 1 saturated heterocycles. The normalized spacial score (nSPS) is 22.1. The number of hydrogen-bond donors (Lipinski definition) is 1. The van der Waals surface area contributed by atoms with Gasteiger partial charge in [0.2, 0.25) is 0 Å². The van der Waals surface area contributed by atoms with Crippen LogP contribution >= 0.6 is 0 Å². The van der Waals surface area contributed by atoms with Crippen LogP contribution in [0.4, 0.5) is 0 Å². The Labute approximate surface area is 68.4 Å². The van der Waals surface area contributed by atoms with Crippen LogP contribution in [-0.4, -0.2) is 48.3 Å². The topological polar surface area (TPSA) is 37.6 Å². The molecule has 65 valence electrons. The van der Waals surface area contributed by atoms with E-state index in [1.165, 1.54) is 0 Å². The lowest BCUT2D eigenvalue weighted by Gasteiger charge is -2.39. The lowest BCUT2D eigenvalue weighted by molar-refractivity contribution is 0.0470. The first-order chi connectivity index (χ1) is 5.17. The Morgan fingerprint density at radius 1 is 1.36 bits per heavy atom. The number of aliphatic hydroxyl groups excluding tert-OH is 1. The molecule has 3 nitrogen and oxygen atoms in total. The summed E-state index contributed by atoms with van der Waals surface area (Å²) in [5.41, 5.74) is -0.0596. The van der Waals surface area contributed by atoms with Crippen LogP contribution in [0.5, 0.6) is 0 Å². The Kier molecular flexibility index (Phi) is 2.87. The fourth-order valence-electron chi connectivity index (χ4n) is 1.31. The Bertz CT molecular complexity index is 119. The average Bonchev–Trinajstić information content (AvgIpc) is 2.06. The van der Waals surface area contributed by atoms with Crippen molar-refractivity contribution >= 4 is 0 Å². The number of hydrogen-bond acceptors (Lipinski definition) is 2. The minimum absolute atomic E-state index is 0.0596. The highest BCUT2D eigenvalue weighted by atomic mass is 16.3. The van der Waals surface area contributed by atoms with Crippen LogP contribution in [0.1, 0.15) is 13.8 Å². The lowest BCUT2D eigenvalue weighted by atomic mass is 10.0. The van der Waals surface area contributed by atoms with E-state index in [-0.39, 0.29) is 12.1 Å². The van der Waals surface area contributed by atoms with Gasteiger partial charge in [0.1, 0.15) is 0 Å². The maximum atomic E-state index is 9.07. The minimum Gasteiger partial charge on any atom is -0.394 e. The molecule has 0 bridgehead atoms. The Morgan fingerprint density at radius 3 is 2.36 bits per heavy atom. The highest BCUT2D eigenvalue weighted by molar-refractivity contribution is 4.83. The first kappa shape index (κ1) is 8.97. The second-order valence-corrected chi connectivity index (χ2v) is 3.63. The summed E-state index contributed by atoms with van der Waals surface area (Å²) in [6.07, 6.45) is 0. The number of aliphatic hydroxyl groups is 1. The van der Waals surface area contributed by atoms with Crippen LogP contribution in [0.2, 0.25) is 0 Å². The van der Waals surface area contributed by atoms with Crippen molar-refractivity contribution in [2.75, 3.05) is 32.8 Å². The van der Waals surface area contributed by atoms with Crippen LogP contribution < -0.4 is 5.32 Å². The Morgan fingerprint density at radius 2 is 1.91 bits per heavy atom. The Hall–Kier alpha value is -0.120. The van der Waals surface area contributed by atoms with Crippen molar-refractivity contribution in [1.29, 1.82) is 0 Å². The van der Waals surface area contributed by atoms with E-state index in [9.17, 15) is 0 Å². The summed E-state index contributed by atoms with van der Waals surface area (Å²) in [6.45, 7) is 8.19. The van der Waals surface area contributed by atoms with Crippen LogP contribution in [0, 0.1) is 0 Å². The summed E-state index contributed by atoms with van der Waals surface area (Å²) in [4.78, 5) is 2.29. The number of nitrogens with zero attached hydrogens (tertiary/aromatic N) is 2. The molecule has 3 heteroatoms. The SMILES string of the molecule is CC(C)(CO)N1CC[N]CC1. The predicted molar refractivity (Wildman–Crippen MR) is 44.6 cm³/mol. The summed E-state index contributed by atoms with van der Waals surface area (Å²) in [7, 11) is 0. The maximum absolute atomic E-state index is 9.07. The summed E-state index contributed by atoms with van der Waals surface area (Å²) in [5, 5.41) is 13.3. The third-order valence-corrected chi connectivity index (χ3v) is 2.30. The molecule has 1 fully saturated rings. The molecule has 0 unspecified atom stereocenters. The van der Waals surface area contributed by atoms with Crippen LogP contribution in [-0.2, 0) is 0 Å². The van der Waals surface area contributed by atoms with Gasteiger partial charge in [-0.25, -0.2) is 5.32 Å². The monoisotopic (exact) mass is 157 g/mol. The quantitative estimate of drug-likeness (QED) is 0.596. The van der Waals surface area contributed by atoms with Gasteiger partial charge in [-0.1, -0.05) is 0 Å². The third kappa shape index (κ3) is 2.15. The van der Waals surface area contributed by atoms with Gasteiger partial charge >= 0.3 is 0 Å². The van der Waals surface area contributed by atoms with Crippen molar-refractivity contribution in [2.24, 2.45) is 0 Å². The summed E-state index contributed by atoms with van der Waals surface area (Å²) >= 11 is 0. The highest BCUT2D eigenvalue weighted by Gasteiger charge is 2.26. The molecule has 0 spiro atoms. The van der Waals surface area contributed by atoms with Crippen LogP contribution in [0.25, 0.3) is 0 Å². The molecule has 1 aliphatic heterocycles. The fraction of sp³-hybridized carbons (Fsp3) is 1.00. The van der Waals surface area contributed by atoms with Gasteiger partial charge in [0.25, 0.3) is 0 Å². The molecule has 1 heterocycles. The zero-order valence-electron chi connectivity index (χ0n) is 7.38. The summed E-state index contributed by atoms with van der Waals surface area (Å²) in [5.74, 6) is 0. The molecule has 1 N–H and O–H groups in total. The smallest absolute Gasteiger partial charge is 0.0610 e. The van der Waals surface area contributed by atoms with Crippen LogP contribution in [0.3, 0.4) is 0 Å². The van der Waals surface area contributed by atoms with E-state index < -0.39 is 0 Å². The molecule has 0 atom stereocenters. The molecule has 0 saturated carbocycles. The zero-order valence-corrected chi connectivity index (χ0v) is 7.38. The molecule has 0 aliphatic carbocycles. The minimum atomic E-state index is -0.0596. The molecule has 1 rings (SSSR count). The van der Waals surface area contributed by atoms with Gasteiger partial charge in [-0.2, -0.15) is 0 Å².